The summed E-state index contributed by atoms with van der Waals surface area (Å²) in [6.45, 7) is 4.47. The van der Waals surface area contributed by atoms with Gasteiger partial charge in [0.05, 0.1) is 19.9 Å². The van der Waals surface area contributed by atoms with E-state index in [-0.39, 0.29) is 0 Å². The molecule has 0 unspecified atom stereocenters. The summed E-state index contributed by atoms with van der Waals surface area (Å²) in [5.41, 5.74) is 5.37. The summed E-state index contributed by atoms with van der Waals surface area (Å²) >= 11 is 0. The normalized spacial score (nSPS) is 10.9. The highest BCUT2D eigenvalue weighted by Gasteiger charge is 2.18. The maximum atomic E-state index is 11.2. The minimum atomic E-state index is 0.560. The van der Waals surface area contributed by atoms with E-state index in [0.717, 1.165) is 44.3 Å². The molecule has 1 aromatic carbocycles. The third-order valence-electron chi connectivity index (χ3n) is 4.91. The van der Waals surface area contributed by atoms with Gasteiger partial charge in [-0.25, -0.2) is 4.98 Å². The molecule has 0 aliphatic carbocycles. The van der Waals surface area contributed by atoms with Gasteiger partial charge in [-0.1, -0.05) is 6.07 Å². The highest BCUT2D eigenvalue weighted by Crippen LogP contribution is 2.35. The molecule has 0 spiro atoms. The molecule has 8 nitrogen and oxygen atoms in total. The van der Waals surface area contributed by atoms with E-state index in [2.05, 4.69) is 5.32 Å². The molecule has 0 saturated carbocycles. The fraction of sp³-hybridized carbons (Fsp3) is 0.227. The van der Waals surface area contributed by atoms with Gasteiger partial charge in [0.1, 0.15) is 5.82 Å². The lowest BCUT2D eigenvalue weighted by Gasteiger charge is -2.11. The Morgan fingerprint density at radius 3 is 2.47 bits per heavy atom. The van der Waals surface area contributed by atoms with Gasteiger partial charge in [0.25, 0.3) is 0 Å². The van der Waals surface area contributed by atoms with Crippen LogP contribution >= 0.6 is 0 Å². The molecule has 4 rings (SSSR count). The lowest BCUT2D eigenvalue weighted by Crippen LogP contribution is -2.24. The van der Waals surface area contributed by atoms with E-state index in [4.69, 9.17) is 19.6 Å². The number of fused-ring (bicyclic) bond motifs is 1. The van der Waals surface area contributed by atoms with Crippen LogP contribution in [0.4, 0.5) is 5.82 Å². The Kier molecular flexibility index (Phi) is 5.14. The van der Waals surface area contributed by atoms with Gasteiger partial charge in [-0.05, 0) is 37.1 Å². The van der Waals surface area contributed by atoms with Gasteiger partial charge in [0, 0.05) is 36.0 Å². The zero-order valence-corrected chi connectivity index (χ0v) is 17.3. The van der Waals surface area contributed by atoms with E-state index in [1.54, 1.807) is 26.4 Å². The van der Waals surface area contributed by atoms with Crippen LogP contribution in [0.2, 0.25) is 0 Å². The Balaban J connectivity index is 1.76. The first-order valence-corrected chi connectivity index (χ1v) is 9.51. The van der Waals surface area contributed by atoms with E-state index in [0.29, 0.717) is 18.0 Å². The van der Waals surface area contributed by atoms with Crippen molar-refractivity contribution < 1.29 is 14.2 Å². The Hall–Kier alpha value is -3.81. The van der Waals surface area contributed by atoms with Gasteiger partial charge in [0.2, 0.25) is 0 Å². The molecule has 0 fully saturated rings. The number of nitrogens with zero attached hydrogens (tertiary/aromatic N) is 4. The molecule has 30 heavy (non-hydrogen) atoms. The topological polar surface area (TPSA) is 87.6 Å². The first-order chi connectivity index (χ1) is 14.5. The number of methoxy groups -OCH3 is 2. The Bertz CT molecular complexity index is 1200. The molecule has 0 aliphatic rings. The van der Waals surface area contributed by atoms with Crippen LogP contribution in [-0.2, 0) is 6.54 Å². The number of anilines is 1. The lowest BCUT2D eigenvalue weighted by molar-refractivity contribution is -0.605. The largest absolute Gasteiger partial charge is 0.619 e. The quantitative estimate of drug-likeness (QED) is 0.391. The minimum absolute atomic E-state index is 0.560. The number of aryl methyl sites for hydroxylation is 2. The molecule has 0 amide bonds. The van der Waals surface area contributed by atoms with E-state index >= 15 is 0 Å². The van der Waals surface area contributed by atoms with Crippen LogP contribution in [0.5, 0.6) is 11.5 Å². The second-order valence-corrected chi connectivity index (χ2v) is 6.97. The number of hydrogen-bond acceptors (Lipinski definition) is 6. The van der Waals surface area contributed by atoms with Crippen molar-refractivity contribution in [1.82, 2.24) is 14.6 Å². The molecule has 1 N–H and O–H groups in total. The number of rotatable bonds is 6. The van der Waals surface area contributed by atoms with E-state index in [9.17, 15) is 5.21 Å². The fourth-order valence-corrected chi connectivity index (χ4v) is 3.45. The van der Waals surface area contributed by atoms with Gasteiger partial charge in [-0.15, -0.1) is 0 Å². The maximum Gasteiger partial charge on any atom is 0.180 e. The summed E-state index contributed by atoms with van der Waals surface area (Å²) in [4.78, 5) is 4.74. The predicted molar refractivity (Wildman–Crippen MR) is 114 cm³/mol. The molecule has 4 aromatic rings. The Morgan fingerprint density at radius 2 is 1.77 bits per heavy atom. The molecule has 0 bridgehead atoms. The molecular weight excluding hydrogens is 382 g/mol. The van der Waals surface area contributed by atoms with Crippen LogP contribution in [0.1, 0.15) is 17.0 Å². The third kappa shape index (κ3) is 3.59. The molecule has 0 saturated heterocycles. The maximum absolute atomic E-state index is 11.2. The molecule has 0 atom stereocenters. The average molecular weight is 405 g/mol. The number of aromatic nitrogens is 4. The van der Waals surface area contributed by atoms with Crippen LogP contribution in [0.3, 0.4) is 0 Å². The van der Waals surface area contributed by atoms with Crippen molar-refractivity contribution >= 4 is 11.5 Å². The SMILES string of the molecule is COc1ccc(-c2c(C)nn3c(NCc4cc[n+]([O-])cc4)cc(C)nc23)cc1OC. The summed E-state index contributed by atoms with van der Waals surface area (Å²) < 4.78 is 13.4. The minimum Gasteiger partial charge on any atom is -0.619 e. The average Bonchev–Trinajstić information content (AvgIpc) is 3.08. The van der Waals surface area contributed by atoms with Crippen molar-refractivity contribution in [3.05, 3.63) is 71.0 Å². The first kappa shape index (κ1) is 19.5. The van der Waals surface area contributed by atoms with Gasteiger partial charge < -0.3 is 20.0 Å². The van der Waals surface area contributed by atoms with Crippen LogP contribution in [-0.4, -0.2) is 28.8 Å². The molecule has 0 radical (unpaired) electrons. The fourth-order valence-electron chi connectivity index (χ4n) is 3.45. The van der Waals surface area contributed by atoms with Crippen molar-refractivity contribution in [2.45, 2.75) is 20.4 Å². The van der Waals surface area contributed by atoms with Crippen molar-refractivity contribution in [1.29, 1.82) is 0 Å². The van der Waals surface area contributed by atoms with Crippen molar-refractivity contribution in [2.75, 3.05) is 19.5 Å². The monoisotopic (exact) mass is 405 g/mol. The summed E-state index contributed by atoms with van der Waals surface area (Å²) in [7, 11) is 3.23. The van der Waals surface area contributed by atoms with Crippen LogP contribution in [0, 0.1) is 19.1 Å². The second-order valence-electron chi connectivity index (χ2n) is 6.97. The van der Waals surface area contributed by atoms with E-state index < -0.39 is 0 Å². The number of hydrogen-bond donors (Lipinski definition) is 1. The summed E-state index contributed by atoms with van der Waals surface area (Å²) in [5, 5.41) is 19.4. The zero-order chi connectivity index (χ0) is 21.3. The summed E-state index contributed by atoms with van der Waals surface area (Å²) in [5.74, 6) is 2.15. The molecule has 8 heteroatoms. The van der Waals surface area contributed by atoms with E-state index in [1.165, 1.54) is 12.4 Å². The molecule has 3 heterocycles. The van der Waals surface area contributed by atoms with Gasteiger partial charge in [-0.2, -0.15) is 14.3 Å². The van der Waals surface area contributed by atoms with Crippen molar-refractivity contribution in [2.24, 2.45) is 0 Å². The number of ether oxygens (including phenoxy) is 2. The highest BCUT2D eigenvalue weighted by molar-refractivity contribution is 5.82. The standard InChI is InChI=1S/C22H23N5O3/c1-14-11-20(23-13-16-7-9-26(28)10-8-16)27-22(24-14)21(15(2)25-27)17-5-6-18(29-3)19(12-17)30-4/h5-12,23H,13H2,1-4H3. The smallest absolute Gasteiger partial charge is 0.180 e. The number of nitrogens with one attached hydrogen (secondary N) is 1. The van der Waals surface area contributed by atoms with Crippen LogP contribution in [0.25, 0.3) is 16.8 Å². The Labute approximate surface area is 174 Å². The van der Waals surface area contributed by atoms with Crippen LogP contribution < -0.4 is 19.5 Å². The van der Waals surface area contributed by atoms with Gasteiger partial charge in [-0.3, -0.25) is 0 Å². The second kappa shape index (κ2) is 7.90. The van der Waals surface area contributed by atoms with Crippen LogP contribution in [0.15, 0.2) is 48.8 Å². The lowest BCUT2D eigenvalue weighted by atomic mass is 10.1. The molecular formula is C22H23N5O3. The van der Waals surface area contributed by atoms with Gasteiger partial charge in [0.15, 0.2) is 29.5 Å². The van der Waals surface area contributed by atoms with Crippen molar-refractivity contribution in [3.63, 3.8) is 0 Å². The van der Waals surface area contributed by atoms with E-state index in [1.807, 2.05) is 42.6 Å². The van der Waals surface area contributed by atoms with Crippen molar-refractivity contribution in [3.8, 4) is 22.6 Å². The number of pyridine rings is 1. The third-order valence-corrected chi connectivity index (χ3v) is 4.91. The Morgan fingerprint density at radius 1 is 1.03 bits per heavy atom. The molecule has 154 valence electrons. The highest BCUT2D eigenvalue weighted by atomic mass is 16.5. The summed E-state index contributed by atoms with van der Waals surface area (Å²) in [6.07, 6.45) is 2.97. The predicted octanol–water partition coefficient (Wildman–Crippen LogP) is 3.28. The number of benzene rings is 1. The first-order valence-electron chi connectivity index (χ1n) is 9.51. The zero-order valence-electron chi connectivity index (χ0n) is 17.3. The molecule has 3 aromatic heterocycles. The van der Waals surface area contributed by atoms with Gasteiger partial charge >= 0.3 is 0 Å². The molecule has 0 aliphatic heterocycles. The summed E-state index contributed by atoms with van der Waals surface area (Å²) in [6, 6.07) is 11.3.